The molecule has 0 bridgehead atoms. The first kappa shape index (κ1) is 13.2. The highest BCUT2D eigenvalue weighted by atomic mass is 16.3. The van der Waals surface area contributed by atoms with Gasteiger partial charge in [-0.05, 0) is 38.8 Å². The monoisotopic (exact) mass is 276 g/mol. The summed E-state index contributed by atoms with van der Waals surface area (Å²) in [5.74, 6) is 1.43. The van der Waals surface area contributed by atoms with Gasteiger partial charge in [0.2, 0.25) is 11.8 Å². The van der Waals surface area contributed by atoms with Crippen LogP contribution in [0.3, 0.4) is 0 Å². The lowest BCUT2D eigenvalue weighted by Gasteiger charge is -2.17. The molecule has 1 aromatic heterocycles. The van der Waals surface area contributed by atoms with Crippen molar-refractivity contribution < 1.29 is 14.0 Å². The zero-order valence-corrected chi connectivity index (χ0v) is 11.9. The lowest BCUT2D eigenvalue weighted by atomic mass is 10.1. The third-order valence-corrected chi connectivity index (χ3v) is 4.06. The van der Waals surface area contributed by atoms with Gasteiger partial charge in [-0.1, -0.05) is 0 Å². The maximum atomic E-state index is 12.2. The van der Waals surface area contributed by atoms with Crippen molar-refractivity contribution in [3.05, 3.63) is 23.7 Å². The fourth-order valence-electron chi connectivity index (χ4n) is 2.73. The Hall–Kier alpha value is -1.78. The van der Waals surface area contributed by atoms with Crippen LogP contribution >= 0.6 is 0 Å². The summed E-state index contributed by atoms with van der Waals surface area (Å²) in [5.41, 5.74) is 0. The second-order valence-corrected chi connectivity index (χ2v) is 5.86. The second kappa shape index (κ2) is 4.96. The molecule has 1 N–H and O–H groups in total. The first-order valence-electron chi connectivity index (χ1n) is 7.21. The van der Waals surface area contributed by atoms with Gasteiger partial charge in [0.25, 0.3) is 0 Å². The standard InChI is InChI=1S/C15H20N2O3/c1-9-3-6-13(20-9)10(2)16-15(19)11-7-14(18)17(8-11)12-4-5-12/h3,6,10-12H,4-5,7-8H2,1-2H3,(H,16,19). The molecule has 1 aromatic rings. The van der Waals surface area contributed by atoms with Crippen LogP contribution in [0, 0.1) is 12.8 Å². The maximum absolute atomic E-state index is 12.2. The molecule has 2 amide bonds. The molecule has 3 rings (SSSR count). The van der Waals surface area contributed by atoms with Crippen LogP contribution in [-0.4, -0.2) is 29.3 Å². The third-order valence-electron chi connectivity index (χ3n) is 4.06. The van der Waals surface area contributed by atoms with Crippen LogP contribution in [0.4, 0.5) is 0 Å². The molecule has 0 radical (unpaired) electrons. The molecule has 1 saturated carbocycles. The quantitative estimate of drug-likeness (QED) is 0.911. The van der Waals surface area contributed by atoms with E-state index in [1.54, 1.807) is 0 Å². The van der Waals surface area contributed by atoms with Gasteiger partial charge in [-0.15, -0.1) is 0 Å². The molecule has 108 valence electrons. The van der Waals surface area contributed by atoms with E-state index in [1.807, 2.05) is 30.9 Å². The highest BCUT2D eigenvalue weighted by molar-refractivity contribution is 5.89. The Morgan fingerprint density at radius 3 is 2.80 bits per heavy atom. The minimum atomic E-state index is -0.221. The van der Waals surface area contributed by atoms with E-state index in [2.05, 4.69) is 5.32 Å². The van der Waals surface area contributed by atoms with Crippen molar-refractivity contribution in [3.8, 4) is 0 Å². The fourth-order valence-corrected chi connectivity index (χ4v) is 2.73. The Morgan fingerprint density at radius 2 is 2.20 bits per heavy atom. The predicted molar refractivity (Wildman–Crippen MR) is 72.8 cm³/mol. The lowest BCUT2D eigenvalue weighted by molar-refractivity contribution is -0.129. The van der Waals surface area contributed by atoms with Gasteiger partial charge in [0, 0.05) is 19.0 Å². The van der Waals surface area contributed by atoms with E-state index in [4.69, 9.17) is 4.42 Å². The van der Waals surface area contributed by atoms with Crippen LogP contribution in [0.15, 0.2) is 16.5 Å². The first-order chi connectivity index (χ1) is 9.54. The molecule has 20 heavy (non-hydrogen) atoms. The first-order valence-corrected chi connectivity index (χ1v) is 7.21. The van der Waals surface area contributed by atoms with E-state index in [0.717, 1.165) is 24.4 Å². The Labute approximate surface area is 118 Å². The largest absolute Gasteiger partial charge is 0.464 e. The van der Waals surface area contributed by atoms with Crippen molar-refractivity contribution in [2.45, 2.75) is 45.2 Å². The van der Waals surface area contributed by atoms with Gasteiger partial charge >= 0.3 is 0 Å². The number of amides is 2. The number of hydrogen-bond acceptors (Lipinski definition) is 3. The summed E-state index contributed by atoms with van der Waals surface area (Å²) in [7, 11) is 0. The number of carbonyl (C=O) groups is 2. The zero-order chi connectivity index (χ0) is 14.3. The van der Waals surface area contributed by atoms with Gasteiger partial charge < -0.3 is 14.6 Å². The number of hydrogen-bond donors (Lipinski definition) is 1. The summed E-state index contributed by atoms with van der Waals surface area (Å²) in [5, 5.41) is 2.94. The van der Waals surface area contributed by atoms with Gasteiger partial charge in [-0.3, -0.25) is 9.59 Å². The number of carbonyl (C=O) groups excluding carboxylic acids is 2. The van der Waals surface area contributed by atoms with Crippen molar-refractivity contribution in [3.63, 3.8) is 0 Å². The van der Waals surface area contributed by atoms with E-state index >= 15 is 0 Å². The fraction of sp³-hybridized carbons (Fsp3) is 0.600. The highest BCUT2D eigenvalue weighted by Crippen LogP contribution is 2.32. The summed E-state index contributed by atoms with van der Waals surface area (Å²) in [6, 6.07) is 3.98. The lowest BCUT2D eigenvalue weighted by Crippen LogP contribution is -2.34. The molecule has 2 fully saturated rings. The minimum absolute atomic E-state index is 0.0527. The van der Waals surface area contributed by atoms with E-state index in [0.29, 0.717) is 19.0 Å². The van der Waals surface area contributed by atoms with Gasteiger partial charge in [0.1, 0.15) is 11.5 Å². The van der Waals surface area contributed by atoms with Crippen LogP contribution in [0.5, 0.6) is 0 Å². The van der Waals surface area contributed by atoms with Crippen molar-refractivity contribution in [2.24, 2.45) is 5.92 Å². The molecule has 2 aliphatic rings. The summed E-state index contributed by atoms with van der Waals surface area (Å²) < 4.78 is 5.51. The predicted octanol–water partition coefficient (Wildman–Crippen LogP) is 1.78. The van der Waals surface area contributed by atoms with E-state index in [9.17, 15) is 9.59 Å². The second-order valence-electron chi connectivity index (χ2n) is 5.86. The molecule has 1 saturated heterocycles. The molecule has 2 atom stereocenters. The van der Waals surface area contributed by atoms with Crippen LogP contribution < -0.4 is 5.32 Å². The SMILES string of the molecule is Cc1ccc(C(C)NC(=O)C2CC(=O)N(C3CC3)C2)o1. The summed E-state index contributed by atoms with van der Waals surface area (Å²) in [6.07, 6.45) is 2.51. The molecule has 0 aromatic carbocycles. The van der Waals surface area contributed by atoms with Crippen molar-refractivity contribution in [1.82, 2.24) is 10.2 Å². The van der Waals surface area contributed by atoms with Gasteiger partial charge in [-0.2, -0.15) is 0 Å². The Bertz CT molecular complexity index is 533. The molecule has 2 heterocycles. The molecule has 5 heteroatoms. The zero-order valence-electron chi connectivity index (χ0n) is 11.9. The molecule has 1 aliphatic carbocycles. The third kappa shape index (κ3) is 2.57. The average molecular weight is 276 g/mol. The highest BCUT2D eigenvalue weighted by Gasteiger charge is 2.41. The number of nitrogens with one attached hydrogen (secondary N) is 1. The molecule has 5 nitrogen and oxygen atoms in total. The average Bonchev–Trinajstić information content (AvgIpc) is 3.03. The smallest absolute Gasteiger partial charge is 0.226 e. The molecule has 2 unspecified atom stereocenters. The van der Waals surface area contributed by atoms with E-state index in [1.165, 1.54) is 0 Å². The summed E-state index contributed by atoms with van der Waals surface area (Å²) in [6.45, 7) is 4.34. The van der Waals surface area contributed by atoms with Crippen molar-refractivity contribution in [2.75, 3.05) is 6.54 Å². The normalized spacial score (nSPS) is 24.0. The minimum Gasteiger partial charge on any atom is -0.464 e. The van der Waals surface area contributed by atoms with Crippen molar-refractivity contribution in [1.29, 1.82) is 0 Å². The number of nitrogens with zero attached hydrogens (tertiary/aromatic N) is 1. The summed E-state index contributed by atoms with van der Waals surface area (Å²) in [4.78, 5) is 26.0. The van der Waals surface area contributed by atoms with Crippen molar-refractivity contribution >= 4 is 11.8 Å². The van der Waals surface area contributed by atoms with Gasteiger partial charge in [0.05, 0.1) is 12.0 Å². The van der Waals surface area contributed by atoms with Crippen LogP contribution in [0.1, 0.15) is 43.7 Å². The number of aryl methyl sites for hydroxylation is 1. The van der Waals surface area contributed by atoms with E-state index < -0.39 is 0 Å². The number of rotatable bonds is 4. The van der Waals surface area contributed by atoms with E-state index in [-0.39, 0.29) is 23.8 Å². The number of likely N-dealkylation sites (tertiary alicyclic amines) is 1. The summed E-state index contributed by atoms with van der Waals surface area (Å²) >= 11 is 0. The topological polar surface area (TPSA) is 62.6 Å². The van der Waals surface area contributed by atoms with Gasteiger partial charge in [0.15, 0.2) is 0 Å². The van der Waals surface area contributed by atoms with Crippen LogP contribution in [-0.2, 0) is 9.59 Å². The van der Waals surface area contributed by atoms with Crippen LogP contribution in [0.2, 0.25) is 0 Å². The number of furan rings is 1. The van der Waals surface area contributed by atoms with Gasteiger partial charge in [-0.25, -0.2) is 0 Å². The maximum Gasteiger partial charge on any atom is 0.226 e. The molecule has 1 aliphatic heterocycles. The molecular formula is C15H20N2O3. The van der Waals surface area contributed by atoms with Crippen LogP contribution in [0.25, 0.3) is 0 Å². The molecular weight excluding hydrogens is 256 g/mol. The Balaban J connectivity index is 1.58. The molecule has 0 spiro atoms. The Kier molecular flexibility index (Phi) is 3.28. The Morgan fingerprint density at radius 1 is 1.45 bits per heavy atom.